The minimum Gasteiger partial charge on any atom is -0.434 e. The lowest BCUT2D eigenvalue weighted by molar-refractivity contribution is -0.0506. The Balaban J connectivity index is 2.11. The summed E-state index contributed by atoms with van der Waals surface area (Å²) in [7, 11) is 0. The quantitative estimate of drug-likeness (QED) is 0.717. The molecule has 2 atom stereocenters. The zero-order valence-electron chi connectivity index (χ0n) is 11.6. The van der Waals surface area contributed by atoms with Crippen molar-refractivity contribution in [3.63, 3.8) is 0 Å². The van der Waals surface area contributed by atoms with Crippen LogP contribution in [0.25, 0.3) is 0 Å². The highest BCUT2D eigenvalue weighted by Crippen LogP contribution is 2.30. The van der Waals surface area contributed by atoms with E-state index in [2.05, 4.69) is 32.0 Å². The van der Waals surface area contributed by atoms with Crippen LogP contribution in [0, 0.1) is 0 Å². The highest BCUT2D eigenvalue weighted by atomic mass is 79.9. The molecule has 2 aromatic rings. The van der Waals surface area contributed by atoms with E-state index in [0.29, 0.717) is 0 Å². The van der Waals surface area contributed by atoms with E-state index in [-0.39, 0.29) is 17.8 Å². The molecule has 6 heteroatoms. The van der Waals surface area contributed by atoms with E-state index in [1.165, 1.54) is 4.88 Å². The first-order chi connectivity index (χ1) is 9.97. The number of thiophene rings is 1. The van der Waals surface area contributed by atoms with Crippen LogP contribution in [0.2, 0.25) is 0 Å². The van der Waals surface area contributed by atoms with E-state index < -0.39 is 6.61 Å². The molecule has 0 amide bonds. The third-order valence-corrected chi connectivity index (χ3v) is 4.99. The second-order valence-corrected chi connectivity index (χ2v) is 6.55. The van der Waals surface area contributed by atoms with Crippen molar-refractivity contribution < 1.29 is 13.5 Å². The maximum absolute atomic E-state index is 12.4. The molecule has 0 spiro atoms. The monoisotopic (exact) mass is 375 g/mol. The number of rotatable bonds is 6. The minimum atomic E-state index is -2.82. The van der Waals surface area contributed by atoms with Gasteiger partial charge in [0.1, 0.15) is 5.75 Å². The molecule has 1 heterocycles. The first-order valence-corrected chi connectivity index (χ1v) is 8.18. The van der Waals surface area contributed by atoms with Crippen molar-refractivity contribution >= 4 is 27.3 Å². The van der Waals surface area contributed by atoms with Gasteiger partial charge in [-0.25, -0.2) is 0 Å². The maximum atomic E-state index is 12.4. The summed E-state index contributed by atoms with van der Waals surface area (Å²) in [6.45, 7) is 1.17. The number of ether oxygens (including phenoxy) is 1. The smallest absolute Gasteiger partial charge is 0.387 e. The SMILES string of the molecule is CC(NC(C)c1ccccc1OC(F)F)c1cc(Br)cs1. The van der Waals surface area contributed by atoms with Crippen LogP contribution >= 0.6 is 27.3 Å². The van der Waals surface area contributed by atoms with Crippen LogP contribution in [0.5, 0.6) is 5.75 Å². The Kier molecular flexibility index (Phi) is 5.72. The van der Waals surface area contributed by atoms with Gasteiger partial charge < -0.3 is 10.1 Å². The normalized spacial score (nSPS) is 14.2. The summed E-state index contributed by atoms with van der Waals surface area (Å²) in [5, 5.41) is 5.42. The van der Waals surface area contributed by atoms with E-state index in [9.17, 15) is 8.78 Å². The van der Waals surface area contributed by atoms with Gasteiger partial charge in [0, 0.05) is 32.4 Å². The molecule has 2 rings (SSSR count). The van der Waals surface area contributed by atoms with Crippen molar-refractivity contribution in [3.8, 4) is 5.75 Å². The standard InChI is InChI=1S/C15H16BrF2NOS/c1-9(19-10(2)14-7-11(16)8-21-14)12-5-3-4-6-13(12)20-15(17)18/h3-10,15,19H,1-2H3. The van der Waals surface area contributed by atoms with Gasteiger partial charge in [-0.3, -0.25) is 0 Å². The number of halogens is 3. The first-order valence-electron chi connectivity index (χ1n) is 6.51. The molecule has 1 N–H and O–H groups in total. The fourth-order valence-corrected chi connectivity index (χ4v) is 3.61. The van der Waals surface area contributed by atoms with E-state index in [1.54, 1.807) is 29.5 Å². The maximum Gasteiger partial charge on any atom is 0.387 e. The van der Waals surface area contributed by atoms with Crippen molar-refractivity contribution in [1.29, 1.82) is 0 Å². The number of nitrogens with one attached hydrogen (secondary N) is 1. The molecule has 2 nitrogen and oxygen atoms in total. The molecule has 0 aliphatic heterocycles. The van der Waals surface area contributed by atoms with Gasteiger partial charge in [0.15, 0.2) is 0 Å². The second kappa shape index (κ2) is 7.33. The van der Waals surface area contributed by atoms with E-state index in [1.807, 2.05) is 25.3 Å². The van der Waals surface area contributed by atoms with Gasteiger partial charge in [0.2, 0.25) is 0 Å². The van der Waals surface area contributed by atoms with E-state index >= 15 is 0 Å². The molecule has 0 bridgehead atoms. The van der Waals surface area contributed by atoms with Gasteiger partial charge in [-0.2, -0.15) is 8.78 Å². The lowest BCUT2D eigenvalue weighted by Gasteiger charge is -2.21. The zero-order valence-corrected chi connectivity index (χ0v) is 14.0. The zero-order chi connectivity index (χ0) is 15.4. The molecule has 1 aromatic carbocycles. The molecule has 0 radical (unpaired) electrons. The number of alkyl halides is 2. The fourth-order valence-electron chi connectivity index (χ4n) is 2.14. The van der Waals surface area contributed by atoms with Crippen molar-refractivity contribution in [3.05, 3.63) is 50.6 Å². The highest BCUT2D eigenvalue weighted by Gasteiger charge is 2.17. The lowest BCUT2D eigenvalue weighted by atomic mass is 10.1. The van der Waals surface area contributed by atoms with Crippen LogP contribution in [0.3, 0.4) is 0 Å². The molecule has 1 aromatic heterocycles. The van der Waals surface area contributed by atoms with Crippen LogP contribution < -0.4 is 10.1 Å². The first kappa shape index (κ1) is 16.4. The summed E-state index contributed by atoms with van der Waals surface area (Å²) in [5.74, 6) is 0.215. The molecule has 0 aliphatic carbocycles. The number of hydrogen-bond acceptors (Lipinski definition) is 3. The van der Waals surface area contributed by atoms with Gasteiger partial charge in [-0.1, -0.05) is 18.2 Å². The highest BCUT2D eigenvalue weighted by molar-refractivity contribution is 9.10. The van der Waals surface area contributed by atoms with E-state index in [4.69, 9.17) is 0 Å². The molecular formula is C15H16BrF2NOS. The van der Waals surface area contributed by atoms with Crippen molar-refractivity contribution in [2.24, 2.45) is 0 Å². The van der Waals surface area contributed by atoms with Gasteiger partial charge in [0.05, 0.1) is 0 Å². The molecule has 0 saturated heterocycles. The Bertz CT molecular complexity index is 591. The molecular weight excluding hydrogens is 360 g/mol. The third kappa shape index (κ3) is 4.49. The molecule has 21 heavy (non-hydrogen) atoms. The van der Waals surface area contributed by atoms with Gasteiger partial charge in [-0.05, 0) is 41.9 Å². The minimum absolute atomic E-state index is 0.101. The second-order valence-electron chi connectivity index (χ2n) is 4.69. The number of benzene rings is 1. The molecule has 0 aliphatic rings. The van der Waals surface area contributed by atoms with Gasteiger partial charge in [-0.15, -0.1) is 11.3 Å². The Morgan fingerprint density at radius 1 is 1.19 bits per heavy atom. The Labute approximate surface area is 135 Å². The predicted molar refractivity (Wildman–Crippen MR) is 85.1 cm³/mol. The van der Waals surface area contributed by atoms with Gasteiger partial charge >= 0.3 is 6.61 Å². The van der Waals surface area contributed by atoms with Gasteiger partial charge in [0.25, 0.3) is 0 Å². The lowest BCUT2D eigenvalue weighted by Crippen LogP contribution is -2.22. The van der Waals surface area contributed by atoms with Crippen LogP contribution in [0.15, 0.2) is 40.2 Å². The Hall–Kier alpha value is -0.980. The summed E-state index contributed by atoms with van der Waals surface area (Å²) >= 11 is 5.08. The molecule has 0 fully saturated rings. The average molecular weight is 376 g/mol. The largest absolute Gasteiger partial charge is 0.434 e. The van der Waals surface area contributed by atoms with Crippen molar-refractivity contribution in [2.45, 2.75) is 32.5 Å². The van der Waals surface area contributed by atoms with Crippen LogP contribution in [-0.2, 0) is 0 Å². The van der Waals surface area contributed by atoms with Crippen molar-refractivity contribution in [2.75, 3.05) is 0 Å². The molecule has 114 valence electrons. The van der Waals surface area contributed by atoms with Crippen LogP contribution in [-0.4, -0.2) is 6.61 Å². The predicted octanol–water partition coefficient (Wildman–Crippen LogP) is 5.52. The summed E-state index contributed by atoms with van der Waals surface area (Å²) in [6, 6.07) is 8.94. The topological polar surface area (TPSA) is 21.3 Å². The summed E-state index contributed by atoms with van der Waals surface area (Å²) < 4.78 is 30.5. The average Bonchev–Trinajstić information content (AvgIpc) is 2.85. The van der Waals surface area contributed by atoms with Crippen molar-refractivity contribution in [1.82, 2.24) is 5.32 Å². The summed E-state index contributed by atoms with van der Waals surface area (Å²) in [6.07, 6.45) is 0. The van der Waals surface area contributed by atoms with E-state index in [0.717, 1.165) is 10.0 Å². The van der Waals surface area contributed by atoms with Crippen LogP contribution in [0.4, 0.5) is 8.78 Å². The third-order valence-electron chi connectivity index (χ3n) is 3.12. The Morgan fingerprint density at radius 2 is 1.90 bits per heavy atom. The molecule has 0 saturated carbocycles. The molecule has 2 unspecified atom stereocenters. The number of para-hydroxylation sites is 1. The summed E-state index contributed by atoms with van der Waals surface area (Å²) in [5.41, 5.74) is 0.722. The number of hydrogen-bond donors (Lipinski definition) is 1. The fraction of sp³-hybridized carbons (Fsp3) is 0.333. The Morgan fingerprint density at radius 3 is 2.52 bits per heavy atom. The van der Waals surface area contributed by atoms with Crippen LogP contribution in [0.1, 0.15) is 36.4 Å². The summed E-state index contributed by atoms with van der Waals surface area (Å²) in [4.78, 5) is 1.18.